The molecule has 0 amide bonds. The van der Waals surface area contributed by atoms with Crippen LogP contribution in [-0.2, 0) is 0 Å². The highest BCUT2D eigenvalue weighted by Crippen LogP contribution is 2.16. The van der Waals surface area contributed by atoms with Gasteiger partial charge in [-0.2, -0.15) is 0 Å². The molecule has 0 nitrogen and oxygen atoms in total. The van der Waals surface area contributed by atoms with Crippen LogP contribution >= 0.6 is 0 Å². The summed E-state index contributed by atoms with van der Waals surface area (Å²) in [6.07, 6.45) is 5.76. The molecule has 0 spiro atoms. The van der Waals surface area contributed by atoms with E-state index in [1.54, 1.807) is 0 Å². The third kappa shape index (κ3) is 2.19. The molecule has 0 aliphatic carbocycles. The Kier molecular flexibility index (Phi) is 3.27. The van der Waals surface area contributed by atoms with Crippen molar-refractivity contribution in [2.75, 3.05) is 0 Å². The predicted molar refractivity (Wildman–Crippen MR) is 60.4 cm³/mol. The third-order valence-electron chi connectivity index (χ3n) is 1.99. The fourth-order valence-electron chi connectivity index (χ4n) is 1.25. The molecule has 1 aromatic carbocycles. The molecular formula is C13H14. The fraction of sp³-hybridized carbons (Fsp3) is 0.0769. The Bertz CT molecular complexity index is 343. The highest BCUT2D eigenvalue weighted by Gasteiger charge is 1.95. The largest absolute Gasteiger partial charge is 0.0985 e. The normalized spacial score (nSPS) is 11.0. The van der Waals surface area contributed by atoms with E-state index in [1.165, 1.54) is 5.56 Å². The van der Waals surface area contributed by atoms with Crippen LogP contribution in [0.25, 0.3) is 11.6 Å². The van der Waals surface area contributed by atoms with Crippen LogP contribution < -0.4 is 0 Å². The van der Waals surface area contributed by atoms with E-state index in [0.29, 0.717) is 0 Å². The zero-order valence-corrected chi connectivity index (χ0v) is 7.96. The maximum atomic E-state index is 3.77. The SMILES string of the molecule is C=C/C(=C\C)c1cccc(C=C)c1. The predicted octanol–water partition coefficient (Wildman–Crippen LogP) is 3.92. The summed E-state index contributed by atoms with van der Waals surface area (Å²) >= 11 is 0. The van der Waals surface area contributed by atoms with E-state index in [4.69, 9.17) is 0 Å². The monoisotopic (exact) mass is 170 g/mol. The minimum absolute atomic E-state index is 1.14. The second-order valence-corrected chi connectivity index (χ2v) is 2.78. The van der Waals surface area contributed by atoms with Crippen LogP contribution in [0, 0.1) is 0 Å². The standard InChI is InChI=1S/C13H14/c1-4-11-8-7-9-13(10-11)12(5-2)6-3/h4-10H,1-2H2,3H3/b12-6+. The molecule has 0 saturated heterocycles. The molecule has 0 N–H and O–H groups in total. The molecule has 0 unspecified atom stereocenters. The molecule has 0 saturated carbocycles. The van der Waals surface area contributed by atoms with Gasteiger partial charge in [0.2, 0.25) is 0 Å². The van der Waals surface area contributed by atoms with Crippen molar-refractivity contribution in [3.8, 4) is 0 Å². The Labute approximate surface area is 79.9 Å². The first-order chi connectivity index (χ1) is 6.31. The van der Waals surface area contributed by atoms with Gasteiger partial charge in [0.1, 0.15) is 0 Å². The van der Waals surface area contributed by atoms with E-state index < -0.39 is 0 Å². The van der Waals surface area contributed by atoms with Gasteiger partial charge in [-0.25, -0.2) is 0 Å². The molecule has 0 heterocycles. The molecule has 1 aromatic rings. The van der Waals surface area contributed by atoms with Crippen molar-refractivity contribution in [1.82, 2.24) is 0 Å². The highest BCUT2D eigenvalue weighted by atomic mass is 14.0. The maximum Gasteiger partial charge on any atom is -0.0182 e. The smallest absolute Gasteiger partial charge is 0.0182 e. The number of hydrogen-bond acceptors (Lipinski definition) is 0. The van der Waals surface area contributed by atoms with Crippen LogP contribution in [0.15, 0.2) is 49.6 Å². The summed E-state index contributed by atoms with van der Waals surface area (Å²) in [5, 5.41) is 0. The zero-order valence-electron chi connectivity index (χ0n) is 7.96. The molecular weight excluding hydrogens is 156 g/mol. The quantitative estimate of drug-likeness (QED) is 0.603. The van der Waals surface area contributed by atoms with Crippen molar-refractivity contribution in [2.24, 2.45) is 0 Å². The van der Waals surface area contributed by atoms with Crippen LogP contribution in [0.2, 0.25) is 0 Å². The second-order valence-electron chi connectivity index (χ2n) is 2.78. The summed E-state index contributed by atoms with van der Waals surface area (Å²) < 4.78 is 0. The summed E-state index contributed by atoms with van der Waals surface area (Å²) in [5.41, 5.74) is 3.48. The Morgan fingerprint density at radius 2 is 2.08 bits per heavy atom. The van der Waals surface area contributed by atoms with Crippen LogP contribution in [0.3, 0.4) is 0 Å². The van der Waals surface area contributed by atoms with E-state index in [1.807, 2.05) is 31.2 Å². The van der Waals surface area contributed by atoms with E-state index in [-0.39, 0.29) is 0 Å². The minimum atomic E-state index is 1.14. The molecule has 0 aromatic heterocycles. The summed E-state index contributed by atoms with van der Waals surface area (Å²) in [6, 6.07) is 8.24. The number of rotatable bonds is 3. The topological polar surface area (TPSA) is 0 Å². The van der Waals surface area contributed by atoms with Crippen LogP contribution in [-0.4, -0.2) is 0 Å². The van der Waals surface area contributed by atoms with Crippen LogP contribution in [0.1, 0.15) is 18.1 Å². The molecule has 0 heteroatoms. The Morgan fingerprint density at radius 1 is 1.31 bits per heavy atom. The summed E-state index contributed by atoms with van der Waals surface area (Å²) in [7, 11) is 0. The van der Waals surface area contributed by atoms with Crippen molar-refractivity contribution >= 4 is 11.6 Å². The Hall–Kier alpha value is -1.56. The van der Waals surface area contributed by atoms with Gasteiger partial charge in [-0.1, -0.05) is 49.6 Å². The molecule has 0 aliphatic heterocycles. The lowest BCUT2D eigenvalue weighted by molar-refractivity contribution is 1.57. The van der Waals surface area contributed by atoms with Crippen molar-refractivity contribution in [2.45, 2.75) is 6.92 Å². The lowest BCUT2D eigenvalue weighted by Gasteiger charge is -2.02. The number of hydrogen-bond donors (Lipinski definition) is 0. The molecule has 13 heavy (non-hydrogen) atoms. The molecule has 0 fully saturated rings. The molecule has 1 rings (SSSR count). The lowest BCUT2D eigenvalue weighted by Crippen LogP contribution is -1.80. The van der Waals surface area contributed by atoms with Gasteiger partial charge in [0.05, 0.1) is 0 Å². The van der Waals surface area contributed by atoms with Gasteiger partial charge >= 0.3 is 0 Å². The molecule has 0 bridgehead atoms. The first kappa shape index (κ1) is 9.53. The number of allylic oxidation sites excluding steroid dienone is 3. The van der Waals surface area contributed by atoms with Crippen molar-refractivity contribution in [1.29, 1.82) is 0 Å². The number of benzene rings is 1. The van der Waals surface area contributed by atoms with Crippen molar-refractivity contribution in [3.63, 3.8) is 0 Å². The van der Waals surface area contributed by atoms with Crippen LogP contribution in [0.4, 0.5) is 0 Å². The van der Waals surface area contributed by atoms with Gasteiger partial charge in [-0.05, 0) is 29.7 Å². The van der Waals surface area contributed by atoms with Gasteiger partial charge < -0.3 is 0 Å². The van der Waals surface area contributed by atoms with Crippen molar-refractivity contribution < 1.29 is 0 Å². The van der Waals surface area contributed by atoms with E-state index in [2.05, 4.69) is 31.4 Å². The Balaban J connectivity index is 3.14. The maximum absolute atomic E-state index is 3.77. The first-order valence-corrected chi connectivity index (χ1v) is 4.33. The zero-order chi connectivity index (χ0) is 9.68. The molecule has 0 aliphatic rings. The molecule has 0 radical (unpaired) electrons. The van der Waals surface area contributed by atoms with Gasteiger partial charge in [-0.15, -0.1) is 0 Å². The summed E-state index contributed by atoms with van der Waals surface area (Å²) in [6.45, 7) is 9.52. The van der Waals surface area contributed by atoms with E-state index in [9.17, 15) is 0 Å². The second kappa shape index (κ2) is 4.46. The lowest BCUT2D eigenvalue weighted by atomic mass is 10.0. The van der Waals surface area contributed by atoms with E-state index >= 15 is 0 Å². The summed E-state index contributed by atoms with van der Waals surface area (Å²) in [5.74, 6) is 0. The van der Waals surface area contributed by atoms with E-state index in [0.717, 1.165) is 11.1 Å². The Morgan fingerprint density at radius 3 is 2.62 bits per heavy atom. The van der Waals surface area contributed by atoms with Gasteiger partial charge in [0.25, 0.3) is 0 Å². The van der Waals surface area contributed by atoms with Gasteiger partial charge in [0, 0.05) is 0 Å². The van der Waals surface area contributed by atoms with Gasteiger partial charge in [0.15, 0.2) is 0 Å². The molecule has 0 atom stereocenters. The average molecular weight is 170 g/mol. The summed E-state index contributed by atoms with van der Waals surface area (Å²) in [4.78, 5) is 0. The molecule has 66 valence electrons. The first-order valence-electron chi connectivity index (χ1n) is 4.33. The highest BCUT2D eigenvalue weighted by molar-refractivity contribution is 5.74. The van der Waals surface area contributed by atoms with Gasteiger partial charge in [-0.3, -0.25) is 0 Å². The minimum Gasteiger partial charge on any atom is -0.0985 e. The fourth-order valence-corrected chi connectivity index (χ4v) is 1.25. The van der Waals surface area contributed by atoms with Crippen molar-refractivity contribution in [3.05, 3.63) is 60.7 Å². The third-order valence-corrected chi connectivity index (χ3v) is 1.99. The van der Waals surface area contributed by atoms with Crippen LogP contribution in [0.5, 0.6) is 0 Å². The average Bonchev–Trinajstić information content (AvgIpc) is 2.20.